The SMILES string of the molecule is CCS[C@H](C)c1noc(CN2CCN(S(N)(=O)=O)CC2)n1. The standard InChI is InChI=1S/C11H21N5O3S2/c1-3-20-9(2)11-13-10(19-14-11)8-15-4-6-16(7-5-15)21(12,17)18/h9H,3-8H2,1-2H3,(H2,12,17,18)/t9-/m1/s1. The molecular formula is C11H21N5O3S2. The first-order valence-corrected chi connectivity index (χ1v) is 9.39. The molecule has 0 radical (unpaired) electrons. The van der Waals surface area contributed by atoms with Gasteiger partial charge in [0.1, 0.15) is 0 Å². The van der Waals surface area contributed by atoms with Crippen molar-refractivity contribution >= 4 is 22.0 Å². The lowest BCUT2D eigenvalue weighted by atomic mass is 10.3. The van der Waals surface area contributed by atoms with Gasteiger partial charge < -0.3 is 4.52 Å². The number of rotatable bonds is 6. The molecule has 1 aliphatic heterocycles. The molecule has 8 nitrogen and oxygen atoms in total. The van der Waals surface area contributed by atoms with E-state index in [-0.39, 0.29) is 5.25 Å². The average molecular weight is 335 g/mol. The Labute approximate surface area is 129 Å². The van der Waals surface area contributed by atoms with Crippen LogP contribution in [0.15, 0.2) is 4.52 Å². The Morgan fingerprint density at radius 2 is 2.05 bits per heavy atom. The molecule has 2 N–H and O–H groups in total. The van der Waals surface area contributed by atoms with E-state index in [4.69, 9.17) is 9.66 Å². The number of aromatic nitrogens is 2. The fourth-order valence-corrected chi connectivity index (χ4v) is 3.57. The van der Waals surface area contributed by atoms with Gasteiger partial charge in [-0.25, -0.2) is 5.14 Å². The summed E-state index contributed by atoms with van der Waals surface area (Å²) in [6.07, 6.45) is 0. The van der Waals surface area contributed by atoms with E-state index in [0.717, 1.165) is 5.75 Å². The average Bonchev–Trinajstić information content (AvgIpc) is 2.87. The van der Waals surface area contributed by atoms with Crippen molar-refractivity contribution in [2.24, 2.45) is 5.14 Å². The molecule has 0 amide bonds. The van der Waals surface area contributed by atoms with E-state index in [9.17, 15) is 8.42 Å². The summed E-state index contributed by atoms with van der Waals surface area (Å²) in [6, 6.07) is 0. The molecule has 0 bridgehead atoms. The second kappa shape index (κ2) is 7.05. The number of piperazine rings is 1. The van der Waals surface area contributed by atoms with Gasteiger partial charge in [0.2, 0.25) is 5.89 Å². The first kappa shape index (κ1) is 16.7. The molecule has 1 atom stereocenters. The molecule has 120 valence electrons. The van der Waals surface area contributed by atoms with E-state index >= 15 is 0 Å². The van der Waals surface area contributed by atoms with Gasteiger partial charge in [-0.3, -0.25) is 4.90 Å². The largest absolute Gasteiger partial charge is 0.338 e. The molecule has 0 unspecified atom stereocenters. The Balaban J connectivity index is 1.86. The quantitative estimate of drug-likeness (QED) is 0.792. The highest BCUT2D eigenvalue weighted by molar-refractivity contribution is 7.99. The first-order valence-electron chi connectivity index (χ1n) is 6.84. The monoisotopic (exact) mass is 335 g/mol. The molecule has 10 heteroatoms. The molecule has 0 aromatic carbocycles. The maximum absolute atomic E-state index is 11.2. The Kier molecular flexibility index (Phi) is 5.60. The highest BCUT2D eigenvalue weighted by Gasteiger charge is 2.25. The fourth-order valence-electron chi connectivity index (χ4n) is 2.16. The van der Waals surface area contributed by atoms with Crippen LogP contribution in [0.5, 0.6) is 0 Å². The molecule has 0 saturated carbocycles. The summed E-state index contributed by atoms with van der Waals surface area (Å²) in [4.78, 5) is 6.47. The molecule has 1 aliphatic rings. The van der Waals surface area contributed by atoms with Crippen molar-refractivity contribution in [1.82, 2.24) is 19.3 Å². The Hall–Kier alpha value is -0.680. The van der Waals surface area contributed by atoms with E-state index < -0.39 is 10.2 Å². The third-order valence-electron chi connectivity index (χ3n) is 3.31. The van der Waals surface area contributed by atoms with E-state index in [1.165, 1.54) is 4.31 Å². The zero-order valence-electron chi connectivity index (χ0n) is 12.2. The minimum atomic E-state index is -3.58. The summed E-state index contributed by atoms with van der Waals surface area (Å²) in [7, 11) is -3.58. The third-order valence-corrected chi connectivity index (χ3v) is 5.44. The number of hydrogen-bond donors (Lipinski definition) is 1. The molecular weight excluding hydrogens is 314 g/mol. The predicted molar refractivity (Wildman–Crippen MR) is 80.8 cm³/mol. The normalized spacial score (nSPS) is 19.8. The number of nitrogens with zero attached hydrogens (tertiary/aromatic N) is 4. The van der Waals surface area contributed by atoms with Gasteiger partial charge >= 0.3 is 0 Å². The summed E-state index contributed by atoms with van der Waals surface area (Å²) in [6.45, 7) is 6.67. The number of thioether (sulfide) groups is 1. The van der Waals surface area contributed by atoms with Gasteiger partial charge in [0, 0.05) is 26.2 Å². The second-order valence-electron chi connectivity index (χ2n) is 4.86. The predicted octanol–water partition coefficient (Wildman–Crippen LogP) is 0.205. The molecule has 1 aromatic heterocycles. The van der Waals surface area contributed by atoms with Crippen LogP contribution in [-0.4, -0.2) is 59.7 Å². The summed E-state index contributed by atoms with van der Waals surface area (Å²) in [5.74, 6) is 2.28. The smallest absolute Gasteiger partial charge is 0.276 e. The summed E-state index contributed by atoms with van der Waals surface area (Å²) in [5.41, 5.74) is 0. The molecule has 2 heterocycles. The van der Waals surface area contributed by atoms with Gasteiger partial charge in [-0.2, -0.15) is 29.5 Å². The molecule has 1 fully saturated rings. The Morgan fingerprint density at radius 1 is 1.38 bits per heavy atom. The first-order chi connectivity index (χ1) is 9.90. The summed E-state index contributed by atoms with van der Waals surface area (Å²) >= 11 is 1.76. The van der Waals surface area contributed by atoms with Crippen molar-refractivity contribution in [1.29, 1.82) is 0 Å². The van der Waals surface area contributed by atoms with Crippen LogP contribution in [0.4, 0.5) is 0 Å². The maximum Gasteiger partial charge on any atom is 0.276 e. The van der Waals surface area contributed by atoms with Gasteiger partial charge in [0.05, 0.1) is 11.8 Å². The van der Waals surface area contributed by atoms with Gasteiger partial charge in [0.15, 0.2) is 5.82 Å². The van der Waals surface area contributed by atoms with Gasteiger partial charge in [-0.15, -0.1) is 0 Å². The molecule has 0 aliphatic carbocycles. The van der Waals surface area contributed by atoms with Crippen LogP contribution in [0, 0.1) is 0 Å². The lowest BCUT2D eigenvalue weighted by molar-refractivity contribution is 0.163. The van der Waals surface area contributed by atoms with Gasteiger partial charge in [0.25, 0.3) is 10.2 Å². The van der Waals surface area contributed by atoms with Crippen molar-refractivity contribution in [3.05, 3.63) is 11.7 Å². The van der Waals surface area contributed by atoms with E-state index in [1.54, 1.807) is 11.8 Å². The molecule has 2 rings (SSSR count). The zero-order chi connectivity index (χ0) is 15.5. The third kappa shape index (κ3) is 4.65. The lowest BCUT2D eigenvalue weighted by Crippen LogP contribution is -2.50. The van der Waals surface area contributed by atoms with Crippen molar-refractivity contribution in [2.75, 3.05) is 31.9 Å². The van der Waals surface area contributed by atoms with Crippen LogP contribution < -0.4 is 5.14 Å². The molecule has 1 saturated heterocycles. The minimum Gasteiger partial charge on any atom is -0.338 e. The highest BCUT2D eigenvalue weighted by Crippen LogP contribution is 2.25. The summed E-state index contributed by atoms with van der Waals surface area (Å²) < 4.78 is 29.0. The van der Waals surface area contributed by atoms with Crippen LogP contribution in [0.25, 0.3) is 0 Å². The van der Waals surface area contributed by atoms with Gasteiger partial charge in [-0.1, -0.05) is 12.1 Å². The number of hydrogen-bond acceptors (Lipinski definition) is 7. The van der Waals surface area contributed by atoms with E-state index in [0.29, 0.717) is 44.4 Å². The Bertz CT molecular complexity index is 554. The van der Waals surface area contributed by atoms with Crippen LogP contribution in [0.1, 0.15) is 30.8 Å². The number of nitrogens with two attached hydrogens (primary N) is 1. The van der Waals surface area contributed by atoms with Crippen molar-refractivity contribution in [2.45, 2.75) is 25.6 Å². The van der Waals surface area contributed by atoms with E-state index in [2.05, 4.69) is 22.0 Å². The molecule has 0 spiro atoms. The molecule has 21 heavy (non-hydrogen) atoms. The van der Waals surface area contributed by atoms with Crippen LogP contribution in [0.3, 0.4) is 0 Å². The van der Waals surface area contributed by atoms with E-state index in [1.807, 2.05) is 6.92 Å². The minimum absolute atomic E-state index is 0.215. The van der Waals surface area contributed by atoms with Crippen molar-refractivity contribution < 1.29 is 12.9 Å². The second-order valence-corrected chi connectivity index (χ2v) is 8.03. The maximum atomic E-state index is 11.2. The lowest BCUT2D eigenvalue weighted by Gasteiger charge is -2.31. The molecule has 1 aromatic rings. The zero-order valence-corrected chi connectivity index (χ0v) is 13.9. The topological polar surface area (TPSA) is 106 Å². The van der Waals surface area contributed by atoms with Crippen LogP contribution in [0.2, 0.25) is 0 Å². The Morgan fingerprint density at radius 3 is 2.62 bits per heavy atom. The van der Waals surface area contributed by atoms with Crippen molar-refractivity contribution in [3.63, 3.8) is 0 Å². The van der Waals surface area contributed by atoms with Crippen molar-refractivity contribution in [3.8, 4) is 0 Å². The fraction of sp³-hybridized carbons (Fsp3) is 0.818. The van der Waals surface area contributed by atoms with Crippen LogP contribution >= 0.6 is 11.8 Å². The summed E-state index contributed by atoms with van der Waals surface area (Å²) in [5, 5.41) is 9.32. The highest BCUT2D eigenvalue weighted by atomic mass is 32.2. The van der Waals surface area contributed by atoms with Gasteiger partial charge in [-0.05, 0) is 12.7 Å². The van der Waals surface area contributed by atoms with Crippen LogP contribution in [-0.2, 0) is 16.8 Å².